The molecule has 8 heteroatoms. The number of nitrogens with zero attached hydrogens (tertiary/aromatic N) is 2. The number of thioether (sulfide) groups is 1. The van der Waals surface area contributed by atoms with Crippen LogP contribution < -0.4 is 10.2 Å². The summed E-state index contributed by atoms with van der Waals surface area (Å²) in [6, 6.07) is 9.51. The Morgan fingerprint density at radius 1 is 1.20 bits per heavy atom. The molecule has 1 atom stereocenters. The van der Waals surface area contributed by atoms with E-state index in [1.54, 1.807) is 12.1 Å². The fourth-order valence-electron chi connectivity index (χ4n) is 4.66. The highest BCUT2D eigenvalue weighted by Crippen LogP contribution is 2.45. The monoisotopic (exact) mass is 511 g/mol. The molecule has 1 fully saturated rings. The van der Waals surface area contributed by atoms with Gasteiger partial charge in [0.25, 0.3) is 11.1 Å². The van der Waals surface area contributed by atoms with Gasteiger partial charge < -0.3 is 10.2 Å². The number of benzene rings is 2. The number of anilines is 2. The van der Waals surface area contributed by atoms with E-state index in [9.17, 15) is 14.4 Å². The SMILES string of the molecule is Cc1ccc(NC(=O)CN2C(=O)S/C(=C\c3cc4c(cc3Cl)N(C)C(C)(C)CC4C)C2=O)cc1C. The van der Waals surface area contributed by atoms with Crippen LogP contribution in [0.2, 0.25) is 5.02 Å². The van der Waals surface area contributed by atoms with Crippen molar-refractivity contribution in [1.82, 2.24) is 4.90 Å². The van der Waals surface area contributed by atoms with E-state index in [1.807, 2.05) is 38.1 Å². The smallest absolute Gasteiger partial charge is 0.294 e. The first kappa shape index (κ1) is 25.3. The number of carbonyl (C=O) groups excluding carboxylic acids is 3. The predicted octanol–water partition coefficient (Wildman–Crippen LogP) is 6.35. The topological polar surface area (TPSA) is 69.7 Å². The molecule has 1 saturated heterocycles. The molecule has 3 amide bonds. The Labute approximate surface area is 215 Å². The van der Waals surface area contributed by atoms with Gasteiger partial charge in [0.2, 0.25) is 5.91 Å². The second-order valence-electron chi connectivity index (χ2n) is 10.0. The number of imide groups is 1. The van der Waals surface area contributed by atoms with Crippen molar-refractivity contribution < 1.29 is 14.4 Å². The molecule has 2 aromatic rings. The lowest BCUT2D eigenvalue weighted by Gasteiger charge is -2.45. The van der Waals surface area contributed by atoms with Crippen LogP contribution in [-0.2, 0) is 9.59 Å². The fourth-order valence-corrected chi connectivity index (χ4v) is 5.70. The van der Waals surface area contributed by atoms with Gasteiger partial charge in [0.15, 0.2) is 0 Å². The van der Waals surface area contributed by atoms with Crippen LogP contribution in [-0.4, -0.2) is 41.1 Å². The van der Waals surface area contributed by atoms with Crippen molar-refractivity contribution in [1.29, 1.82) is 0 Å². The lowest BCUT2D eigenvalue weighted by atomic mass is 9.80. The normalized spacial score (nSPS) is 20.4. The van der Waals surface area contributed by atoms with E-state index in [0.717, 1.165) is 45.5 Å². The van der Waals surface area contributed by atoms with Crippen LogP contribution in [0.4, 0.5) is 16.2 Å². The second kappa shape index (κ2) is 9.36. The van der Waals surface area contributed by atoms with Gasteiger partial charge in [-0.15, -0.1) is 0 Å². The van der Waals surface area contributed by atoms with Crippen molar-refractivity contribution in [2.75, 3.05) is 23.8 Å². The quantitative estimate of drug-likeness (QED) is 0.484. The molecule has 2 heterocycles. The summed E-state index contributed by atoms with van der Waals surface area (Å²) >= 11 is 7.44. The average molecular weight is 512 g/mol. The molecule has 0 bridgehead atoms. The number of fused-ring (bicyclic) bond motifs is 1. The summed E-state index contributed by atoms with van der Waals surface area (Å²) in [6.45, 7) is 10.2. The Kier molecular flexibility index (Phi) is 6.77. The number of aryl methyl sites for hydroxylation is 2. The van der Waals surface area contributed by atoms with Gasteiger partial charge in [-0.05, 0) is 104 Å². The molecule has 0 radical (unpaired) electrons. The molecule has 2 aliphatic heterocycles. The van der Waals surface area contributed by atoms with E-state index in [0.29, 0.717) is 22.2 Å². The molecule has 1 unspecified atom stereocenters. The van der Waals surface area contributed by atoms with Crippen LogP contribution in [0, 0.1) is 13.8 Å². The van der Waals surface area contributed by atoms with Crippen LogP contribution in [0.25, 0.3) is 6.08 Å². The van der Waals surface area contributed by atoms with Gasteiger partial charge in [-0.3, -0.25) is 19.3 Å². The molecule has 0 aromatic heterocycles. The molecule has 1 N–H and O–H groups in total. The molecular formula is C27H30ClN3O3S. The van der Waals surface area contributed by atoms with Gasteiger partial charge in [-0.2, -0.15) is 0 Å². The van der Waals surface area contributed by atoms with Gasteiger partial charge in [0.1, 0.15) is 6.54 Å². The Morgan fingerprint density at radius 3 is 2.60 bits per heavy atom. The maximum atomic E-state index is 13.0. The highest BCUT2D eigenvalue weighted by Gasteiger charge is 2.37. The van der Waals surface area contributed by atoms with Gasteiger partial charge in [0, 0.05) is 29.0 Å². The summed E-state index contributed by atoms with van der Waals surface area (Å²) in [5.74, 6) is -0.594. The summed E-state index contributed by atoms with van der Waals surface area (Å²) in [4.78, 5) is 41.6. The fraction of sp³-hybridized carbons (Fsp3) is 0.370. The van der Waals surface area contributed by atoms with E-state index < -0.39 is 17.1 Å². The highest BCUT2D eigenvalue weighted by atomic mass is 35.5. The Balaban J connectivity index is 1.53. The number of nitrogens with one attached hydrogen (secondary N) is 1. The summed E-state index contributed by atoms with van der Waals surface area (Å²) in [6.07, 6.45) is 2.64. The van der Waals surface area contributed by atoms with E-state index in [1.165, 1.54) is 0 Å². The lowest BCUT2D eigenvalue weighted by Crippen LogP contribution is -2.45. The Hall–Kier alpha value is -2.77. The van der Waals surface area contributed by atoms with Crippen molar-refractivity contribution in [3.05, 3.63) is 62.5 Å². The molecule has 4 rings (SSSR count). The molecule has 0 saturated carbocycles. The standard InChI is InChI=1S/C27H30ClN3O3S/c1-15-7-8-19(9-16(15)2)29-24(32)14-31-25(33)23(35-26(31)34)11-18-10-20-17(3)13-27(4,5)30(6)22(20)12-21(18)28/h7-12,17H,13-14H2,1-6H3,(H,29,32)/b23-11-. The van der Waals surface area contributed by atoms with Gasteiger partial charge in [0.05, 0.1) is 4.91 Å². The third kappa shape index (κ3) is 4.98. The van der Waals surface area contributed by atoms with Crippen molar-refractivity contribution in [2.45, 2.75) is 52.5 Å². The van der Waals surface area contributed by atoms with E-state index in [-0.39, 0.29) is 17.0 Å². The number of carbonyl (C=O) groups is 3. The largest absolute Gasteiger partial charge is 0.369 e. The Morgan fingerprint density at radius 2 is 1.91 bits per heavy atom. The van der Waals surface area contributed by atoms with Crippen molar-refractivity contribution >= 4 is 57.9 Å². The molecule has 0 spiro atoms. The third-order valence-corrected chi connectivity index (χ3v) is 8.24. The van der Waals surface area contributed by atoms with Crippen molar-refractivity contribution in [3.8, 4) is 0 Å². The first-order valence-electron chi connectivity index (χ1n) is 11.6. The Bertz CT molecular complexity index is 1270. The number of hydrogen-bond donors (Lipinski definition) is 1. The van der Waals surface area contributed by atoms with Crippen molar-refractivity contribution in [2.24, 2.45) is 0 Å². The zero-order valence-electron chi connectivity index (χ0n) is 20.9. The van der Waals surface area contributed by atoms with Crippen LogP contribution >= 0.6 is 23.4 Å². The summed E-state index contributed by atoms with van der Waals surface area (Å²) in [5.41, 5.74) is 5.73. The minimum Gasteiger partial charge on any atom is -0.369 e. The van der Waals surface area contributed by atoms with Gasteiger partial charge in [-0.1, -0.05) is 24.6 Å². The minimum atomic E-state index is -0.490. The molecule has 2 aliphatic rings. The highest BCUT2D eigenvalue weighted by molar-refractivity contribution is 8.18. The van der Waals surface area contributed by atoms with Crippen LogP contribution in [0.5, 0.6) is 0 Å². The zero-order valence-corrected chi connectivity index (χ0v) is 22.4. The molecule has 184 valence electrons. The van der Waals surface area contributed by atoms with Gasteiger partial charge >= 0.3 is 0 Å². The lowest BCUT2D eigenvalue weighted by molar-refractivity contribution is -0.127. The van der Waals surface area contributed by atoms with Crippen molar-refractivity contribution in [3.63, 3.8) is 0 Å². The van der Waals surface area contributed by atoms with E-state index in [2.05, 4.69) is 38.0 Å². The zero-order chi connectivity index (χ0) is 25.7. The average Bonchev–Trinajstić information content (AvgIpc) is 3.03. The molecule has 6 nitrogen and oxygen atoms in total. The predicted molar refractivity (Wildman–Crippen MR) is 144 cm³/mol. The maximum absolute atomic E-state index is 13.0. The van der Waals surface area contributed by atoms with Crippen LogP contribution in [0.1, 0.15) is 55.4 Å². The minimum absolute atomic E-state index is 0.0117. The summed E-state index contributed by atoms with van der Waals surface area (Å²) in [7, 11) is 2.06. The maximum Gasteiger partial charge on any atom is 0.294 e. The molecule has 35 heavy (non-hydrogen) atoms. The van der Waals surface area contributed by atoms with E-state index in [4.69, 9.17) is 11.6 Å². The molecule has 2 aromatic carbocycles. The first-order chi connectivity index (χ1) is 16.4. The number of halogens is 1. The summed E-state index contributed by atoms with van der Waals surface area (Å²) < 4.78 is 0. The number of hydrogen-bond acceptors (Lipinski definition) is 5. The van der Waals surface area contributed by atoms with Crippen LogP contribution in [0.15, 0.2) is 35.2 Å². The van der Waals surface area contributed by atoms with E-state index >= 15 is 0 Å². The third-order valence-electron chi connectivity index (χ3n) is 7.00. The molecule has 0 aliphatic carbocycles. The second-order valence-corrected chi connectivity index (χ2v) is 11.4. The summed E-state index contributed by atoms with van der Waals surface area (Å²) in [5, 5.41) is 2.80. The van der Waals surface area contributed by atoms with Gasteiger partial charge in [-0.25, -0.2) is 0 Å². The molecular weight excluding hydrogens is 482 g/mol. The first-order valence-corrected chi connectivity index (χ1v) is 12.8. The van der Waals surface area contributed by atoms with Crippen LogP contribution in [0.3, 0.4) is 0 Å². The number of amides is 3. The number of rotatable bonds is 4.